The lowest BCUT2D eigenvalue weighted by atomic mass is 10.1. The number of alkyl halides is 3. The van der Waals surface area contributed by atoms with Gasteiger partial charge in [-0.1, -0.05) is 16.8 Å². The highest BCUT2D eigenvalue weighted by molar-refractivity contribution is 7.89. The molecule has 26 heavy (non-hydrogen) atoms. The topological polar surface area (TPSA) is 59.0 Å². The summed E-state index contributed by atoms with van der Waals surface area (Å²) in [6.07, 6.45) is -1.95. The van der Waals surface area contributed by atoms with Gasteiger partial charge in [0.15, 0.2) is 0 Å². The van der Waals surface area contributed by atoms with E-state index in [9.17, 15) is 21.6 Å². The molecule has 0 aromatic heterocycles. The number of oxime groups is 1. The summed E-state index contributed by atoms with van der Waals surface area (Å²) in [4.78, 5) is 4.81. The number of benzene rings is 1. The zero-order valence-electron chi connectivity index (χ0n) is 14.6. The highest BCUT2D eigenvalue weighted by Crippen LogP contribution is 2.31. The first kappa shape index (κ1) is 20.4. The minimum atomic E-state index is -4.59. The first-order valence-electron chi connectivity index (χ1n) is 8.09. The summed E-state index contributed by atoms with van der Waals surface area (Å²) in [5, 5.41) is 3.99. The Hall–Kier alpha value is -1.87. The molecule has 0 bridgehead atoms. The van der Waals surface area contributed by atoms with E-state index in [4.69, 9.17) is 4.84 Å². The van der Waals surface area contributed by atoms with Gasteiger partial charge in [-0.15, -0.1) is 0 Å². The third kappa shape index (κ3) is 5.31. The van der Waals surface area contributed by atoms with E-state index < -0.39 is 21.8 Å². The Balaban J connectivity index is 2.04. The fraction of sp³-hybridized carbons (Fsp3) is 0.471. The molecule has 9 heteroatoms. The summed E-state index contributed by atoms with van der Waals surface area (Å²) >= 11 is 0. The molecule has 0 unspecified atom stereocenters. The Morgan fingerprint density at radius 1 is 1.27 bits per heavy atom. The maximum atomic E-state index is 12.8. The monoisotopic (exact) mass is 390 g/mol. The van der Waals surface area contributed by atoms with Crippen LogP contribution in [-0.2, 0) is 21.0 Å². The minimum absolute atomic E-state index is 0.156. The molecular formula is C17H21F3N2O3S. The average Bonchev–Trinajstić information content (AvgIpc) is 2.58. The van der Waals surface area contributed by atoms with Crippen LogP contribution in [0.3, 0.4) is 0 Å². The van der Waals surface area contributed by atoms with Crippen LogP contribution >= 0.6 is 0 Å². The van der Waals surface area contributed by atoms with E-state index in [1.165, 1.54) is 10.4 Å². The van der Waals surface area contributed by atoms with Crippen LogP contribution in [0.4, 0.5) is 13.2 Å². The van der Waals surface area contributed by atoms with Crippen LogP contribution in [0.25, 0.3) is 0 Å². The quantitative estimate of drug-likeness (QED) is 0.436. The van der Waals surface area contributed by atoms with Crippen molar-refractivity contribution < 1.29 is 26.4 Å². The molecule has 0 N–H and O–H groups in total. The third-order valence-corrected chi connectivity index (χ3v) is 5.75. The number of halogens is 3. The predicted octanol–water partition coefficient (Wildman–Crippen LogP) is 3.83. The van der Waals surface area contributed by atoms with Crippen LogP contribution in [0.1, 0.15) is 32.3 Å². The summed E-state index contributed by atoms with van der Waals surface area (Å²) in [5.41, 5.74) is 0.861. The Morgan fingerprint density at radius 3 is 2.50 bits per heavy atom. The Morgan fingerprint density at radius 2 is 1.92 bits per heavy atom. The van der Waals surface area contributed by atoms with Gasteiger partial charge in [0.25, 0.3) is 0 Å². The van der Waals surface area contributed by atoms with Gasteiger partial charge in [0.2, 0.25) is 10.0 Å². The Labute approximate surface area is 151 Å². The molecule has 5 nitrogen and oxygen atoms in total. The van der Waals surface area contributed by atoms with Crippen LogP contribution < -0.4 is 0 Å². The van der Waals surface area contributed by atoms with Crippen molar-refractivity contribution in [3.63, 3.8) is 0 Å². The Bertz CT molecular complexity index is 788. The summed E-state index contributed by atoms with van der Waals surface area (Å²) in [6, 6.07) is 3.80. The molecule has 0 aliphatic carbocycles. The third-order valence-electron chi connectivity index (χ3n) is 3.86. The summed E-state index contributed by atoms with van der Waals surface area (Å²) in [5.74, 6) is 0. The molecule has 1 aliphatic heterocycles. The molecule has 0 saturated carbocycles. The molecule has 1 aliphatic rings. The molecule has 0 atom stereocenters. The van der Waals surface area contributed by atoms with Gasteiger partial charge in [-0.05, 0) is 38.1 Å². The largest absolute Gasteiger partial charge is 0.416 e. The van der Waals surface area contributed by atoms with Crippen molar-refractivity contribution in [2.45, 2.75) is 37.8 Å². The number of sulfonamides is 1. The van der Waals surface area contributed by atoms with E-state index in [0.717, 1.165) is 23.4 Å². The Kier molecular flexibility index (Phi) is 6.46. The second-order valence-electron chi connectivity index (χ2n) is 6.16. The lowest BCUT2D eigenvalue weighted by Gasteiger charge is -2.26. The standard InChI is InChI=1S/C17H21F3N2O3S/c1-13(2)8-11-25-21-15-6-9-22(10-7-15)26(23,24)16-5-3-4-14(12-16)17(18,19)20/h3-5,8,12H,6-7,9-11H2,1-2H3. The van der Waals surface area contributed by atoms with Gasteiger partial charge in [0.1, 0.15) is 6.61 Å². The number of nitrogens with zero attached hydrogens (tertiary/aromatic N) is 2. The van der Waals surface area contributed by atoms with E-state index in [0.29, 0.717) is 25.5 Å². The van der Waals surface area contributed by atoms with E-state index in [-0.39, 0.29) is 18.0 Å². The highest BCUT2D eigenvalue weighted by Gasteiger charge is 2.33. The second kappa shape index (κ2) is 8.22. The molecule has 1 fully saturated rings. The number of rotatable bonds is 5. The molecule has 0 radical (unpaired) electrons. The molecule has 0 amide bonds. The van der Waals surface area contributed by atoms with Crippen molar-refractivity contribution >= 4 is 15.7 Å². The second-order valence-corrected chi connectivity index (χ2v) is 8.10. The van der Waals surface area contributed by atoms with E-state index in [1.807, 2.05) is 19.9 Å². The summed E-state index contributed by atoms with van der Waals surface area (Å²) in [7, 11) is -3.98. The van der Waals surface area contributed by atoms with E-state index in [2.05, 4.69) is 5.16 Å². The average molecular weight is 390 g/mol. The van der Waals surface area contributed by atoms with Gasteiger partial charge in [-0.25, -0.2) is 8.42 Å². The number of allylic oxidation sites excluding steroid dienone is 1. The first-order valence-corrected chi connectivity index (χ1v) is 9.53. The normalized spacial score (nSPS) is 16.3. The molecule has 1 aromatic rings. The first-order chi connectivity index (χ1) is 12.1. The van der Waals surface area contributed by atoms with Crippen molar-refractivity contribution in [3.05, 3.63) is 41.5 Å². The smallest absolute Gasteiger partial charge is 0.392 e. The van der Waals surface area contributed by atoms with E-state index >= 15 is 0 Å². The zero-order chi connectivity index (χ0) is 19.4. The highest BCUT2D eigenvalue weighted by atomic mass is 32.2. The molecular weight excluding hydrogens is 369 g/mol. The van der Waals surface area contributed by atoms with Gasteiger partial charge < -0.3 is 4.84 Å². The van der Waals surface area contributed by atoms with Crippen molar-refractivity contribution in [1.82, 2.24) is 4.31 Å². The van der Waals surface area contributed by atoms with Crippen molar-refractivity contribution in [2.24, 2.45) is 5.16 Å². The van der Waals surface area contributed by atoms with Crippen LogP contribution in [0.2, 0.25) is 0 Å². The molecule has 1 aromatic carbocycles. The zero-order valence-corrected chi connectivity index (χ0v) is 15.4. The fourth-order valence-electron chi connectivity index (χ4n) is 2.39. The molecule has 2 rings (SSSR count). The fourth-order valence-corrected chi connectivity index (χ4v) is 3.88. The SMILES string of the molecule is CC(C)=CCON=C1CCN(S(=O)(=O)c2cccc(C(F)(F)F)c2)CC1. The summed E-state index contributed by atoms with van der Waals surface area (Å²) in [6.45, 7) is 4.53. The van der Waals surface area contributed by atoms with Crippen molar-refractivity contribution in [3.8, 4) is 0 Å². The van der Waals surface area contributed by atoms with Crippen LogP contribution in [0.5, 0.6) is 0 Å². The van der Waals surface area contributed by atoms with E-state index in [1.54, 1.807) is 0 Å². The van der Waals surface area contributed by atoms with Crippen LogP contribution in [0, 0.1) is 0 Å². The van der Waals surface area contributed by atoms with Crippen molar-refractivity contribution in [1.29, 1.82) is 0 Å². The molecule has 1 saturated heterocycles. The van der Waals surface area contributed by atoms with Crippen LogP contribution in [-0.4, -0.2) is 38.1 Å². The summed E-state index contributed by atoms with van der Waals surface area (Å²) < 4.78 is 64.8. The lowest BCUT2D eigenvalue weighted by Crippen LogP contribution is -2.38. The van der Waals surface area contributed by atoms with Crippen molar-refractivity contribution in [2.75, 3.05) is 19.7 Å². The lowest BCUT2D eigenvalue weighted by molar-refractivity contribution is -0.137. The predicted molar refractivity (Wildman–Crippen MR) is 92.3 cm³/mol. The van der Waals surface area contributed by atoms with Gasteiger partial charge in [0, 0.05) is 25.9 Å². The van der Waals surface area contributed by atoms with Gasteiger partial charge >= 0.3 is 6.18 Å². The maximum absolute atomic E-state index is 12.8. The van der Waals surface area contributed by atoms with Gasteiger partial charge in [0.05, 0.1) is 16.2 Å². The maximum Gasteiger partial charge on any atom is 0.416 e. The van der Waals surface area contributed by atoms with Crippen LogP contribution in [0.15, 0.2) is 46.0 Å². The molecule has 0 spiro atoms. The number of piperidine rings is 1. The van der Waals surface area contributed by atoms with Gasteiger partial charge in [-0.2, -0.15) is 17.5 Å². The number of hydrogen-bond donors (Lipinski definition) is 0. The van der Waals surface area contributed by atoms with Gasteiger partial charge in [-0.3, -0.25) is 0 Å². The minimum Gasteiger partial charge on any atom is -0.392 e. The number of hydrogen-bond acceptors (Lipinski definition) is 4. The molecule has 144 valence electrons. The molecule has 1 heterocycles.